The SMILES string of the molecule is Cn1nc(C(F)(F)F)nc1CBr. The number of alkyl halides is 4. The van der Waals surface area contributed by atoms with Crippen LogP contribution in [0.2, 0.25) is 0 Å². The van der Waals surface area contributed by atoms with Gasteiger partial charge in [0, 0.05) is 7.05 Å². The minimum Gasteiger partial charge on any atom is -0.252 e. The van der Waals surface area contributed by atoms with Gasteiger partial charge in [-0.2, -0.15) is 13.2 Å². The van der Waals surface area contributed by atoms with Crippen LogP contribution in [0.1, 0.15) is 11.6 Å². The van der Waals surface area contributed by atoms with E-state index >= 15 is 0 Å². The van der Waals surface area contributed by atoms with Gasteiger partial charge in [-0.05, 0) is 0 Å². The van der Waals surface area contributed by atoms with E-state index < -0.39 is 12.0 Å². The van der Waals surface area contributed by atoms with Crippen molar-refractivity contribution >= 4 is 15.9 Å². The molecule has 0 aliphatic carbocycles. The standard InChI is InChI=1S/C5H5BrF3N3/c1-12-3(2-6)10-4(11-12)5(7,8)9/h2H2,1H3. The number of aromatic nitrogens is 3. The van der Waals surface area contributed by atoms with Crippen molar-refractivity contribution in [3.63, 3.8) is 0 Å². The van der Waals surface area contributed by atoms with Crippen LogP contribution in [0.25, 0.3) is 0 Å². The molecule has 1 rings (SSSR count). The third kappa shape index (κ3) is 1.77. The second kappa shape index (κ2) is 3.04. The van der Waals surface area contributed by atoms with Crippen molar-refractivity contribution in [2.75, 3.05) is 0 Å². The highest BCUT2D eigenvalue weighted by molar-refractivity contribution is 9.08. The summed E-state index contributed by atoms with van der Waals surface area (Å²) in [6.07, 6.45) is -4.46. The van der Waals surface area contributed by atoms with E-state index in [0.717, 1.165) is 4.68 Å². The first kappa shape index (κ1) is 9.50. The van der Waals surface area contributed by atoms with Crippen LogP contribution in [-0.2, 0) is 18.6 Å². The van der Waals surface area contributed by atoms with Crippen molar-refractivity contribution in [2.45, 2.75) is 11.5 Å². The predicted molar refractivity (Wildman–Crippen MR) is 38.6 cm³/mol. The molecule has 68 valence electrons. The van der Waals surface area contributed by atoms with E-state index in [1.54, 1.807) is 0 Å². The quantitative estimate of drug-likeness (QED) is 0.704. The molecule has 0 atom stereocenters. The Hall–Kier alpha value is -0.590. The van der Waals surface area contributed by atoms with Gasteiger partial charge in [0.2, 0.25) is 0 Å². The minimum absolute atomic E-state index is 0.252. The summed E-state index contributed by atoms with van der Waals surface area (Å²) in [5.74, 6) is -0.846. The molecule has 0 fully saturated rings. The van der Waals surface area contributed by atoms with Gasteiger partial charge in [-0.3, -0.25) is 4.68 Å². The summed E-state index contributed by atoms with van der Waals surface area (Å²) in [7, 11) is 1.42. The highest BCUT2D eigenvalue weighted by Crippen LogP contribution is 2.26. The van der Waals surface area contributed by atoms with Crippen LogP contribution in [0.3, 0.4) is 0 Å². The fourth-order valence-electron chi connectivity index (χ4n) is 0.653. The Kier molecular flexibility index (Phi) is 2.41. The second-order valence-corrected chi connectivity index (χ2v) is 2.67. The average Bonchev–Trinajstić information content (AvgIpc) is 2.29. The molecule has 12 heavy (non-hydrogen) atoms. The third-order valence-electron chi connectivity index (χ3n) is 1.23. The maximum Gasteiger partial charge on any atom is 0.453 e. The first-order chi connectivity index (χ1) is 5.45. The van der Waals surface area contributed by atoms with E-state index in [4.69, 9.17) is 0 Å². The average molecular weight is 244 g/mol. The van der Waals surface area contributed by atoms with Crippen LogP contribution in [0.4, 0.5) is 13.2 Å². The van der Waals surface area contributed by atoms with Crippen molar-refractivity contribution in [2.24, 2.45) is 7.05 Å². The topological polar surface area (TPSA) is 30.7 Å². The summed E-state index contributed by atoms with van der Waals surface area (Å²) in [5, 5.41) is 3.46. The number of aryl methyl sites for hydroxylation is 1. The zero-order valence-electron chi connectivity index (χ0n) is 6.06. The molecule has 0 aliphatic heterocycles. The summed E-state index contributed by atoms with van der Waals surface area (Å²) >= 11 is 3.00. The molecule has 0 radical (unpaired) electrons. The zero-order chi connectivity index (χ0) is 9.35. The maximum atomic E-state index is 12.0. The minimum atomic E-state index is -4.46. The van der Waals surface area contributed by atoms with Gasteiger partial charge in [-0.15, -0.1) is 5.10 Å². The number of hydrogen-bond acceptors (Lipinski definition) is 2. The van der Waals surface area contributed by atoms with Crippen LogP contribution < -0.4 is 0 Å². The van der Waals surface area contributed by atoms with Gasteiger partial charge in [0.1, 0.15) is 5.82 Å². The zero-order valence-corrected chi connectivity index (χ0v) is 7.65. The molecule has 0 N–H and O–H groups in total. The maximum absolute atomic E-state index is 12.0. The predicted octanol–water partition coefficient (Wildman–Crippen LogP) is 1.73. The number of nitrogens with zero attached hydrogens (tertiary/aromatic N) is 3. The van der Waals surface area contributed by atoms with Gasteiger partial charge < -0.3 is 0 Å². The van der Waals surface area contributed by atoms with Gasteiger partial charge in [0.15, 0.2) is 0 Å². The highest BCUT2D eigenvalue weighted by atomic mass is 79.9. The van der Waals surface area contributed by atoms with Gasteiger partial charge in [0.25, 0.3) is 5.82 Å². The van der Waals surface area contributed by atoms with E-state index in [0.29, 0.717) is 0 Å². The number of halogens is 4. The lowest BCUT2D eigenvalue weighted by Crippen LogP contribution is -2.08. The molecule has 1 aromatic heterocycles. The molecule has 0 aromatic carbocycles. The van der Waals surface area contributed by atoms with Gasteiger partial charge in [-0.1, -0.05) is 15.9 Å². The molecule has 7 heteroatoms. The summed E-state index contributed by atoms with van der Waals surface area (Å²) in [6, 6.07) is 0. The largest absolute Gasteiger partial charge is 0.453 e. The number of hydrogen-bond donors (Lipinski definition) is 0. The Morgan fingerprint density at radius 1 is 1.50 bits per heavy atom. The molecule has 0 saturated carbocycles. The molecule has 1 heterocycles. The Bertz CT molecular complexity index is 280. The van der Waals surface area contributed by atoms with Crippen LogP contribution in [0.15, 0.2) is 0 Å². The summed E-state index contributed by atoms with van der Waals surface area (Å²) < 4.78 is 37.0. The van der Waals surface area contributed by atoms with E-state index in [1.165, 1.54) is 7.05 Å². The Morgan fingerprint density at radius 2 is 2.08 bits per heavy atom. The highest BCUT2D eigenvalue weighted by Gasteiger charge is 2.36. The third-order valence-corrected chi connectivity index (χ3v) is 1.73. The Labute approximate surface area is 74.7 Å². The first-order valence-corrected chi connectivity index (χ1v) is 4.10. The van der Waals surface area contributed by atoms with Crippen LogP contribution in [-0.4, -0.2) is 14.8 Å². The molecule has 0 bridgehead atoms. The number of rotatable bonds is 1. The normalized spacial score (nSPS) is 12.1. The molecule has 0 aliphatic rings. The van der Waals surface area contributed by atoms with Gasteiger partial charge in [0.05, 0.1) is 5.33 Å². The molecule has 0 unspecified atom stereocenters. The summed E-state index contributed by atoms with van der Waals surface area (Å²) in [4.78, 5) is 3.28. The van der Waals surface area contributed by atoms with E-state index in [-0.39, 0.29) is 11.2 Å². The molecule has 1 aromatic rings. The molecule has 0 saturated heterocycles. The molecular formula is C5H5BrF3N3. The van der Waals surface area contributed by atoms with Crippen molar-refractivity contribution in [3.8, 4) is 0 Å². The van der Waals surface area contributed by atoms with Crippen molar-refractivity contribution < 1.29 is 13.2 Å². The van der Waals surface area contributed by atoms with Crippen molar-refractivity contribution in [1.82, 2.24) is 14.8 Å². The molecular weight excluding hydrogens is 239 g/mol. The lowest BCUT2D eigenvalue weighted by Gasteiger charge is -1.97. The van der Waals surface area contributed by atoms with E-state index in [9.17, 15) is 13.2 Å². The van der Waals surface area contributed by atoms with Crippen LogP contribution in [0.5, 0.6) is 0 Å². The smallest absolute Gasteiger partial charge is 0.252 e. The second-order valence-electron chi connectivity index (χ2n) is 2.11. The Morgan fingerprint density at radius 3 is 2.33 bits per heavy atom. The molecule has 0 amide bonds. The fourth-order valence-corrected chi connectivity index (χ4v) is 1.14. The summed E-state index contributed by atoms with van der Waals surface area (Å²) in [6.45, 7) is 0. The first-order valence-electron chi connectivity index (χ1n) is 2.98. The van der Waals surface area contributed by atoms with E-state index in [2.05, 4.69) is 26.0 Å². The lowest BCUT2D eigenvalue weighted by molar-refractivity contribution is -0.145. The Balaban J connectivity index is 3.05. The fraction of sp³-hybridized carbons (Fsp3) is 0.600. The lowest BCUT2D eigenvalue weighted by atomic mass is 10.6. The monoisotopic (exact) mass is 243 g/mol. The van der Waals surface area contributed by atoms with Crippen LogP contribution >= 0.6 is 15.9 Å². The van der Waals surface area contributed by atoms with Gasteiger partial charge in [-0.25, -0.2) is 4.98 Å². The van der Waals surface area contributed by atoms with Gasteiger partial charge >= 0.3 is 6.18 Å². The van der Waals surface area contributed by atoms with Crippen molar-refractivity contribution in [1.29, 1.82) is 0 Å². The van der Waals surface area contributed by atoms with E-state index in [1.807, 2.05) is 0 Å². The van der Waals surface area contributed by atoms with Crippen molar-refractivity contribution in [3.05, 3.63) is 11.6 Å². The summed E-state index contributed by atoms with van der Waals surface area (Å²) in [5.41, 5.74) is 0. The molecule has 3 nitrogen and oxygen atoms in total. The van der Waals surface area contributed by atoms with Crippen LogP contribution in [0, 0.1) is 0 Å². The molecule has 0 spiro atoms.